The minimum atomic E-state index is -0.689. The van der Waals surface area contributed by atoms with Crippen LogP contribution in [0.1, 0.15) is 25.6 Å². The van der Waals surface area contributed by atoms with Crippen LogP contribution in [-0.2, 0) is 9.53 Å². The minimum absolute atomic E-state index is 0.230. The van der Waals surface area contributed by atoms with Crippen LogP contribution in [0.15, 0.2) is 60.0 Å². The van der Waals surface area contributed by atoms with E-state index in [0.29, 0.717) is 16.1 Å². The van der Waals surface area contributed by atoms with Gasteiger partial charge >= 0.3 is 5.97 Å². The Morgan fingerprint density at radius 1 is 1.00 bits per heavy atom. The molecule has 29 heavy (non-hydrogen) atoms. The number of esters is 1. The van der Waals surface area contributed by atoms with E-state index in [2.05, 4.69) is 10.6 Å². The first-order valence-electron chi connectivity index (χ1n) is 8.60. The smallest absolute Gasteiger partial charge is 0.338 e. The lowest BCUT2D eigenvalue weighted by Crippen LogP contribution is -2.21. The zero-order valence-corrected chi connectivity index (χ0v) is 16.2. The second kappa shape index (κ2) is 9.11. The molecule has 1 aromatic heterocycles. The molecule has 0 unspecified atom stereocenters. The molecule has 3 rings (SSSR count). The Morgan fingerprint density at radius 3 is 2.38 bits per heavy atom. The lowest BCUT2D eigenvalue weighted by molar-refractivity contribution is -0.119. The molecule has 8 heteroatoms. The minimum Gasteiger partial charge on any atom is -0.452 e. The second-order valence-electron chi connectivity index (χ2n) is 6.10. The highest BCUT2D eigenvalue weighted by atomic mass is 32.1. The van der Waals surface area contributed by atoms with E-state index >= 15 is 0 Å². The molecule has 0 bridgehead atoms. The van der Waals surface area contributed by atoms with Crippen LogP contribution >= 0.6 is 11.3 Å². The monoisotopic (exact) mass is 412 g/mol. The molecule has 3 aromatic rings. The van der Waals surface area contributed by atoms with Crippen LogP contribution in [0.2, 0.25) is 0 Å². The summed E-state index contributed by atoms with van der Waals surface area (Å²) in [4.78, 5) is 36.5. The summed E-state index contributed by atoms with van der Waals surface area (Å²) < 4.78 is 18.5. The van der Waals surface area contributed by atoms with E-state index in [4.69, 9.17) is 4.74 Å². The van der Waals surface area contributed by atoms with Gasteiger partial charge in [0.2, 0.25) is 0 Å². The first kappa shape index (κ1) is 20.2. The van der Waals surface area contributed by atoms with Crippen molar-refractivity contribution in [3.05, 3.63) is 81.8 Å². The topological polar surface area (TPSA) is 84.5 Å². The number of carbonyl (C=O) groups is 3. The summed E-state index contributed by atoms with van der Waals surface area (Å²) in [7, 11) is 0. The standard InChI is InChI=1S/C21H17FN2O4S/c1-13-4-7-16(11-17(13)22)23-19(25)12-28-21(27)14-5-8-15(9-6-14)24-20(26)18-3-2-10-29-18/h2-11H,12H2,1H3,(H,23,25)(H,24,26). The normalized spacial score (nSPS) is 10.3. The highest BCUT2D eigenvalue weighted by Crippen LogP contribution is 2.15. The van der Waals surface area contributed by atoms with Crippen LogP contribution < -0.4 is 10.6 Å². The summed E-state index contributed by atoms with van der Waals surface area (Å²) in [5, 5.41) is 6.98. The number of anilines is 2. The molecule has 0 saturated carbocycles. The number of nitrogens with one attached hydrogen (secondary N) is 2. The van der Waals surface area contributed by atoms with Gasteiger partial charge in [0.05, 0.1) is 10.4 Å². The van der Waals surface area contributed by atoms with E-state index in [-0.39, 0.29) is 17.2 Å². The summed E-state index contributed by atoms with van der Waals surface area (Å²) in [6, 6.07) is 13.9. The van der Waals surface area contributed by atoms with Gasteiger partial charge in [0.1, 0.15) is 5.82 Å². The highest BCUT2D eigenvalue weighted by Gasteiger charge is 2.12. The predicted octanol–water partition coefficient (Wildman–Crippen LogP) is 4.24. The van der Waals surface area contributed by atoms with Crippen LogP contribution in [0.25, 0.3) is 0 Å². The van der Waals surface area contributed by atoms with Crippen LogP contribution in [0, 0.1) is 12.7 Å². The molecule has 0 saturated heterocycles. The molecule has 0 fully saturated rings. The van der Waals surface area contributed by atoms with Gasteiger partial charge in [-0.1, -0.05) is 12.1 Å². The third-order valence-corrected chi connectivity index (χ3v) is 4.78. The first-order chi connectivity index (χ1) is 13.9. The van der Waals surface area contributed by atoms with Crippen LogP contribution in [-0.4, -0.2) is 24.4 Å². The molecule has 0 atom stereocenters. The van der Waals surface area contributed by atoms with E-state index < -0.39 is 24.3 Å². The molecule has 6 nitrogen and oxygen atoms in total. The number of benzene rings is 2. The predicted molar refractivity (Wildman–Crippen MR) is 109 cm³/mol. The molecule has 2 aromatic carbocycles. The summed E-state index contributed by atoms with van der Waals surface area (Å²) in [5.41, 5.74) is 1.50. The van der Waals surface area contributed by atoms with Crippen LogP contribution in [0.3, 0.4) is 0 Å². The molecule has 0 aliphatic carbocycles. The van der Waals surface area contributed by atoms with E-state index in [0.717, 1.165) is 0 Å². The van der Waals surface area contributed by atoms with E-state index in [1.54, 1.807) is 42.6 Å². The average Bonchev–Trinajstić information content (AvgIpc) is 3.24. The summed E-state index contributed by atoms with van der Waals surface area (Å²) >= 11 is 1.32. The molecule has 2 N–H and O–H groups in total. The molecule has 2 amide bonds. The maximum Gasteiger partial charge on any atom is 0.338 e. The SMILES string of the molecule is Cc1ccc(NC(=O)COC(=O)c2ccc(NC(=O)c3cccs3)cc2)cc1F. The number of ether oxygens (including phenoxy) is 1. The third-order valence-electron chi connectivity index (χ3n) is 3.91. The lowest BCUT2D eigenvalue weighted by atomic mass is 10.2. The van der Waals surface area contributed by atoms with Gasteiger partial charge in [-0.05, 0) is 60.3 Å². The van der Waals surface area contributed by atoms with Gasteiger partial charge in [0.25, 0.3) is 11.8 Å². The van der Waals surface area contributed by atoms with E-state index in [1.807, 2.05) is 0 Å². The van der Waals surface area contributed by atoms with Gasteiger partial charge in [0, 0.05) is 11.4 Å². The Bertz CT molecular complexity index is 1030. The maximum atomic E-state index is 13.5. The fourth-order valence-electron chi connectivity index (χ4n) is 2.37. The fourth-order valence-corrected chi connectivity index (χ4v) is 2.99. The number of thiophene rings is 1. The molecule has 0 aliphatic rings. The van der Waals surface area contributed by atoms with Gasteiger partial charge in [-0.2, -0.15) is 0 Å². The molecular formula is C21H17FN2O4S. The Balaban J connectivity index is 1.50. The van der Waals surface area contributed by atoms with E-state index in [1.165, 1.54) is 35.6 Å². The Hall–Kier alpha value is -3.52. The molecular weight excluding hydrogens is 395 g/mol. The van der Waals surface area contributed by atoms with Crippen LogP contribution in [0.5, 0.6) is 0 Å². The van der Waals surface area contributed by atoms with Crippen molar-refractivity contribution in [2.45, 2.75) is 6.92 Å². The Morgan fingerprint density at radius 2 is 1.72 bits per heavy atom. The zero-order chi connectivity index (χ0) is 20.8. The van der Waals surface area contributed by atoms with Crippen LogP contribution in [0.4, 0.5) is 15.8 Å². The maximum absolute atomic E-state index is 13.5. The fraction of sp³-hybridized carbons (Fsp3) is 0.0952. The van der Waals surface area contributed by atoms with Gasteiger partial charge in [0.15, 0.2) is 6.61 Å². The van der Waals surface area contributed by atoms with Crippen molar-refractivity contribution in [1.82, 2.24) is 0 Å². The van der Waals surface area contributed by atoms with Gasteiger partial charge in [-0.3, -0.25) is 9.59 Å². The third kappa shape index (κ3) is 5.49. The zero-order valence-electron chi connectivity index (χ0n) is 15.4. The number of aryl methyl sites for hydroxylation is 1. The van der Waals surface area contributed by atoms with Gasteiger partial charge in [-0.25, -0.2) is 9.18 Å². The van der Waals surface area contributed by atoms with Crippen molar-refractivity contribution < 1.29 is 23.5 Å². The summed E-state index contributed by atoms with van der Waals surface area (Å²) in [6.07, 6.45) is 0. The first-order valence-corrected chi connectivity index (χ1v) is 9.48. The molecule has 0 aliphatic heterocycles. The number of carbonyl (C=O) groups excluding carboxylic acids is 3. The molecule has 0 spiro atoms. The summed E-state index contributed by atoms with van der Waals surface area (Å²) in [6.45, 7) is 1.10. The summed E-state index contributed by atoms with van der Waals surface area (Å²) in [5.74, 6) is -1.95. The number of amides is 2. The number of halogens is 1. The lowest BCUT2D eigenvalue weighted by Gasteiger charge is -2.08. The second-order valence-corrected chi connectivity index (χ2v) is 7.04. The molecule has 148 valence electrons. The van der Waals surface area contributed by atoms with Gasteiger partial charge in [-0.15, -0.1) is 11.3 Å². The Kier molecular flexibility index (Phi) is 6.36. The van der Waals surface area contributed by atoms with E-state index in [9.17, 15) is 18.8 Å². The molecule has 0 radical (unpaired) electrons. The van der Waals surface area contributed by atoms with Crippen molar-refractivity contribution in [2.24, 2.45) is 0 Å². The van der Waals surface area contributed by atoms with Gasteiger partial charge < -0.3 is 15.4 Å². The van der Waals surface area contributed by atoms with Crippen molar-refractivity contribution >= 4 is 40.5 Å². The quantitative estimate of drug-likeness (QED) is 0.593. The number of hydrogen-bond donors (Lipinski definition) is 2. The van der Waals surface area contributed by atoms with Crippen molar-refractivity contribution in [2.75, 3.05) is 17.2 Å². The average molecular weight is 412 g/mol. The number of hydrogen-bond acceptors (Lipinski definition) is 5. The highest BCUT2D eigenvalue weighted by molar-refractivity contribution is 7.12. The van der Waals surface area contributed by atoms with Crippen molar-refractivity contribution in [3.63, 3.8) is 0 Å². The largest absolute Gasteiger partial charge is 0.452 e. The number of rotatable bonds is 6. The molecule has 1 heterocycles. The Labute approximate surface area is 170 Å². The van der Waals surface area contributed by atoms with Crippen molar-refractivity contribution in [1.29, 1.82) is 0 Å². The van der Waals surface area contributed by atoms with Crippen molar-refractivity contribution in [3.8, 4) is 0 Å².